The van der Waals surface area contributed by atoms with Gasteiger partial charge >= 0.3 is 0 Å². The zero-order valence-corrected chi connectivity index (χ0v) is 12.7. The Kier molecular flexibility index (Phi) is 5.72. The Morgan fingerprint density at radius 1 is 1.25 bits per heavy atom. The first kappa shape index (κ1) is 15.2. The van der Waals surface area contributed by atoms with Crippen molar-refractivity contribution in [3.05, 3.63) is 23.8 Å². The fourth-order valence-electron chi connectivity index (χ4n) is 3.19. The summed E-state index contributed by atoms with van der Waals surface area (Å²) >= 11 is 0. The Hall–Kier alpha value is -1.22. The van der Waals surface area contributed by atoms with Crippen molar-refractivity contribution in [2.75, 3.05) is 7.11 Å². The van der Waals surface area contributed by atoms with Gasteiger partial charge in [-0.25, -0.2) is 0 Å². The molecule has 2 rings (SSSR count). The van der Waals surface area contributed by atoms with E-state index in [1.807, 2.05) is 12.1 Å². The number of methoxy groups -OCH3 is 1. The zero-order valence-electron chi connectivity index (χ0n) is 12.7. The number of hydrogen-bond donors (Lipinski definition) is 2. The molecule has 0 aromatic heterocycles. The first-order chi connectivity index (χ1) is 9.74. The summed E-state index contributed by atoms with van der Waals surface area (Å²) in [6.45, 7) is 2.99. The van der Waals surface area contributed by atoms with E-state index in [-0.39, 0.29) is 5.75 Å². The van der Waals surface area contributed by atoms with Crippen LogP contribution in [0.2, 0.25) is 0 Å². The third-order valence-corrected chi connectivity index (χ3v) is 4.43. The van der Waals surface area contributed by atoms with Gasteiger partial charge in [-0.05, 0) is 37.7 Å². The Labute approximate surface area is 122 Å². The van der Waals surface area contributed by atoms with Gasteiger partial charge in [-0.15, -0.1) is 0 Å². The molecule has 0 atom stereocenters. The molecule has 3 heteroatoms. The molecule has 3 nitrogen and oxygen atoms in total. The highest BCUT2D eigenvalue weighted by Crippen LogP contribution is 2.31. The number of para-hydroxylation sites is 1. The Morgan fingerprint density at radius 3 is 2.65 bits per heavy atom. The van der Waals surface area contributed by atoms with Crippen molar-refractivity contribution < 1.29 is 9.84 Å². The molecule has 0 spiro atoms. The summed E-state index contributed by atoms with van der Waals surface area (Å²) in [5.41, 5.74) is 0.917. The highest BCUT2D eigenvalue weighted by atomic mass is 16.5. The molecule has 1 aliphatic carbocycles. The molecule has 1 fully saturated rings. The fourth-order valence-corrected chi connectivity index (χ4v) is 3.19. The summed E-state index contributed by atoms with van der Waals surface area (Å²) in [7, 11) is 1.58. The molecule has 0 radical (unpaired) electrons. The predicted octanol–water partition coefficient (Wildman–Crippen LogP) is 3.85. The van der Waals surface area contributed by atoms with Gasteiger partial charge in [-0.1, -0.05) is 31.9 Å². The molecule has 1 saturated carbocycles. The number of aromatic hydroxyl groups is 1. The van der Waals surface area contributed by atoms with E-state index in [0.29, 0.717) is 18.3 Å². The molecule has 0 amide bonds. The van der Waals surface area contributed by atoms with Crippen molar-refractivity contribution in [3.63, 3.8) is 0 Å². The van der Waals surface area contributed by atoms with Crippen LogP contribution in [0.25, 0.3) is 0 Å². The van der Waals surface area contributed by atoms with Crippen LogP contribution in [0, 0.1) is 5.92 Å². The SMILES string of the molecule is CCCC1CCC(NCc2cccc(OC)c2O)CC1. The molecule has 2 N–H and O–H groups in total. The fraction of sp³-hybridized carbons (Fsp3) is 0.647. The predicted molar refractivity (Wildman–Crippen MR) is 82.2 cm³/mol. The van der Waals surface area contributed by atoms with Gasteiger partial charge in [-0.2, -0.15) is 0 Å². The lowest BCUT2D eigenvalue weighted by atomic mass is 9.83. The van der Waals surface area contributed by atoms with Crippen molar-refractivity contribution in [2.24, 2.45) is 5.92 Å². The Morgan fingerprint density at radius 2 is 2.00 bits per heavy atom. The van der Waals surface area contributed by atoms with E-state index in [1.54, 1.807) is 13.2 Å². The maximum Gasteiger partial charge on any atom is 0.162 e. The number of phenols is 1. The maximum atomic E-state index is 10.1. The van der Waals surface area contributed by atoms with Crippen LogP contribution in [0.4, 0.5) is 0 Å². The van der Waals surface area contributed by atoms with Crippen LogP contribution in [-0.2, 0) is 6.54 Å². The van der Waals surface area contributed by atoms with Gasteiger partial charge in [0.05, 0.1) is 7.11 Å². The van der Waals surface area contributed by atoms with Gasteiger partial charge < -0.3 is 15.2 Å². The summed E-state index contributed by atoms with van der Waals surface area (Å²) in [5, 5.41) is 13.6. The largest absolute Gasteiger partial charge is 0.504 e. The number of hydrogen-bond acceptors (Lipinski definition) is 3. The second-order valence-corrected chi connectivity index (χ2v) is 5.86. The average molecular weight is 277 g/mol. The summed E-state index contributed by atoms with van der Waals surface area (Å²) < 4.78 is 5.14. The summed E-state index contributed by atoms with van der Waals surface area (Å²) in [6, 6.07) is 6.25. The lowest BCUT2D eigenvalue weighted by molar-refractivity contribution is 0.276. The molecule has 1 aromatic carbocycles. The quantitative estimate of drug-likeness (QED) is 0.830. The summed E-state index contributed by atoms with van der Waals surface area (Å²) in [6.07, 6.45) is 7.89. The first-order valence-corrected chi connectivity index (χ1v) is 7.82. The number of nitrogens with one attached hydrogen (secondary N) is 1. The average Bonchev–Trinajstić information content (AvgIpc) is 2.48. The van der Waals surface area contributed by atoms with E-state index in [4.69, 9.17) is 4.74 Å². The van der Waals surface area contributed by atoms with E-state index < -0.39 is 0 Å². The first-order valence-electron chi connectivity index (χ1n) is 7.82. The molecule has 1 aromatic rings. The van der Waals surface area contributed by atoms with Crippen molar-refractivity contribution in [1.29, 1.82) is 0 Å². The van der Waals surface area contributed by atoms with Crippen LogP contribution in [0.15, 0.2) is 18.2 Å². The lowest BCUT2D eigenvalue weighted by Gasteiger charge is -2.29. The number of rotatable bonds is 6. The summed E-state index contributed by atoms with van der Waals surface area (Å²) in [4.78, 5) is 0. The van der Waals surface area contributed by atoms with Crippen molar-refractivity contribution in [1.82, 2.24) is 5.32 Å². The smallest absolute Gasteiger partial charge is 0.162 e. The maximum absolute atomic E-state index is 10.1. The number of ether oxygens (including phenoxy) is 1. The van der Waals surface area contributed by atoms with Crippen LogP contribution >= 0.6 is 0 Å². The van der Waals surface area contributed by atoms with Crippen LogP contribution in [-0.4, -0.2) is 18.3 Å². The second-order valence-electron chi connectivity index (χ2n) is 5.86. The van der Waals surface area contributed by atoms with Crippen LogP contribution < -0.4 is 10.1 Å². The van der Waals surface area contributed by atoms with E-state index in [0.717, 1.165) is 11.5 Å². The van der Waals surface area contributed by atoms with E-state index >= 15 is 0 Å². The molecular formula is C17H27NO2. The topological polar surface area (TPSA) is 41.5 Å². The number of benzene rings is 1. The molecule has 20 heavy (non-hydrogen) atoms. The second kappa shape index (κ2) is 7.53. The molecule has 112 valence electrons. The van der Waals surface area contributed by atoms with Crippen molar-refractivity contribution >= 4 is 0 Å². The molecule has 0 saturated heterocycles. The van der Waals surface area contributed by atoms with Gasteiger partial charge in [0, 0.05) is 18.2 Å². The van der Waals surface area contributed by atoms with Crippen molar-refractivity contribution in [2.45, 2.75) is 58.0 Å². The van der Waals surface area contributed by atoms with E-state index in [9.17, 15) is 5.11 Å². The standard InChI is InChI=1S/C17H27NO2/c1-3-5-13-8-10-15(11-9-13)18-12-14-6-4-7-16(20-2)17(14)19/h4,6-7,13,15,18-19H,3,5,8-12H2,1-2H3. The van der Waals surface area contributed by atoms with Gasteiger partial charge in [0.15, 0.2) is 11.5 Å². The van der Waals surface area contributed by atoms with Gasteiger partial charge in [-0.3, -0.25) is 0 Å². The number of phenolic OH excluding ortho intramolecular Hbond substituents is 1. The lowest BCUT2D eigenvalue weighted by Crippen LogP contribution is -2.32. The third kappa shape index (κ3) is 3.89. The van der Waals surface area contributed by atoms with Gasteiger partial charge in [0.25, 0.3) is 0 Å². The molecular weight excluding hydrogens is 250 g/mol. The minimum Gasteiger partial charge on any atom is -0.504 e. The molecule has 0 bridgehead atoms. The normalized spacial score (nSPS) is 22.7. The zero-order chi connectivity index (χ0) is 14.4. The molecule has 1 aliphatic rings. The van der Waals surface area contributed by atoms with Crippen LogP contribution in [0.3, 0.4) is 0 Å². The molecule has 0 unspecified atom stereocenters. The summed E-state index contributed by atoms with van der Waals surface area (Å²) in [5.74, 6) is 1.75. The van der Waals surface area contributed by atoms with Crippen molar-refractivity contribution in [3.8, 4) is 11.5 Å². The van der Waals surface area contributed by atoms with Crippen LogP contribution in [0.1, 0.15) is 51.0 Å². The van der Waals surface area contributed by atoms with E-state index in [2.05, 4.69) is 12.2 Å². The molecule has 0 aliphatic heterocycles. The monoisotopic (exact) mass is 277 g/mol. The minimum absolute atomic E-state index is 0.266. The minimum atomic E-state index is 0.266. The van der Waals surface area contributed by atoms with E-state index in [1.165, 1.54) is 38.5 Å². The third-order valence-electron chi connectivity index (χ3n) is 4.43. The highest BCUT2D eigenvalue weighted by molar-refractivity contribution is 5.45. The highest BCUT2D eigenvalue weighted by Gasteiger charge is 2.20. The van der Waals surface area contributed by atoms with Gasteiger partial charge in [0.2, 0.25) is 0 Å². The Balaban J connectivity index is 1.82. The van der Waals surface area contributed by atoms with Crippen LogP contribution in [0.5, 0.6) is 11.5 Å². The molecule has 0 heterocycles. The Bertz CT molecular complexity index is 411. The van der Waals surface area contributed by atoms with Gasteiger partial charge in [0.1, 0.15) is 0 Å².